The Kier molecular flexibility index (Phi) is 4.73. The fraction of sp³-hybridized carbons (Fsp3) is 0.818. The Balaban J connectivity index is 2.22. The van der Waals surface area contributed by atoms with E-state index in [0.717, 1.165) is 19.3 Å². The van der Waals surface area contributed by atoms with Crippen molar-refractivity contribution < 1.29 is 19.8 Å². The van der Waals surface area contributed by atoms with Crippen molar-refractivity contribution in [3.63, 3.8) is 0 Å². The number of carbonyl (C=O) groups excluding carboxylic acids is 1. The van der Waals surface area contributed by atoms with Gasteiger partial charge in [-0.2, -0.15) is 0 Å². The van der Waals surface area contributed by atoms with E-state index in [0.29, 0.717) is 5.92 Å². The standard InChI is InChI=1S/C11H19NO4/c1-7-3-2-4-8(7)10(14)12-6-5-9(13)11(15)16/h7-9,13H,2-6H2,1H3,(H,12,14)(H,15,16)/t7?,8?,9-/m0/s1. The van der Waals surface area contributed by atoms with Crippen LogP contribution in [0.3, 0.4) is 0 Å². The zero-order valence-electron chi connectivity index (χ0n) is 9.48. The number of aliphatic carboxylic acids is 1. The third kappa shape index (κ3) is 3.48. The molecule has 0 radical (unpaired) electrons. The highest BCUT2D eigenvalue weighted by Gasteiger charge is 2.29. The van der Waals surface area contributed by atoms with Crippen LogP contribution in [0.4, 0.5) is 0 Å². The number of hydrogen-bond donors (Lipinski definition) is 3. The second-order valence-electron chi connectivity index (χ2n) is 4.45. The van der Waals surface area contributed by atoms with Gasteiger partial charge in [-0.3, -0.25) is 4.79 Å². The van der Waals surface area contributed by atoms with Crippen LogP contribution in [-0.4, -0.2) is 34.7 Å². The van der Waals surface area contributed by atoms with E-state index in [1.165, 1.54) is 0 Å². The molecule has 92 valence electrons. The summed E-state index contributed by atoms with van der Waals surface area (Å²) in [4.78, 5) is 22.0. The lowest BCUT2D eigenvalue weighted by atomic mass is 9.97. The fourth-order valence-corrected chi connectivity index (χ4v) is 2.12. The molecular formula is C11H19NO4. The molecule has 1 aliphatic rings. The van der Waals surface area contributed by atoms with Gasteiger partial charge in [-0.25, -0.2) is 4.79 Å². The molecule has 2 unspecified atom stereocenters. The molecule has 0 aromatic carbocycles. The van der Waals surface area contributed by atoms with Crippen LogP contribution in [0, 0.1) is 11.8 Å². The largest absolute Gasteiger partial charge is 0.479 e. The molecule has 1 rings (SSSR count). The molecule has 3 atom stereocenters. The van der Waals surface area contributed by atoms with Gasteiger partial charge < -0.3 is 15.5 Å². The van der Waals surface area contributed by atoms with Crippen LogP contribution < -0.4 is 5.32 Å². The van der Waals surface area contributed by atoms with Crippen molar-refractivity contribution in [1.29, 1.82) is 0 Å². The van der Waals surface area contributed by atoms with Gasteiger partial charge in [0.25, 0.3) is 0 Å². The van der Waals surface area contributed by atoms with Gasteiger partial charge >= 0.3 is 5.97 Å². The van der Waals surface area contributed by atoms with Crippen molar-refractivity contribution in [2.45, 2.75) is 38.7 Å². The average Bonchev–Trinajstić information content (AvgIpc) is 2.64. The Bertz CT molecular complexity index is 267. The molecule has 16 heavy (non-hydrogen) atoms. The Labute approximate surface area is 94.8 Å². The molecule has 3 N–H and O–H groups in total. The van der Waals surface area contributed by atoms with Gasteiger partial charge in [0.2, 0.25) is 5.91 Å². The first-order valence-electron chi connectivity index (χ1n) is 5.71. The van der Waals surface area contributed by atoms with Gasteiger partial charge in [0.1, 0.15) is 0 Å². The number of carbonyl (C=O) groups is 2. The predicted octanol–water partition coefficient (Wildman–Crippen LogP) is 0.374. The van der Waals surface area contributed by atoms with Gasteiger partial charge in [0.05, 0.1) is 0 Å². The number of aliphatic hydroxyl groups is 1. The summed E-state index contributed by atoms with van der Waals surface area (Å²) in [5.74, 6) is -0.794. The summed E-state index contributed by atoms with van der Waals surface area (Å²) in [6.45, 7) is 2.28. The molecule has 5 nitrogen and oxygen atoms in total. The highest BCUT2D eigenvalue weighted by Crippen LogP contribution is 2.30. The normalized spacial score (nSPS) is 26.4. The first-order chi connectivity index (χ1) is 7.52. The number of amides is 1. The van der Waals surface area contributed by atoms with E-state index in [-0.39, 0.29) is 24.8 Å². The van der Waals surface area contributed by atoms with E-state index in [1.807, 2.05) is 0 Å². The van der Waals surface area contributed by atoms with Crippen molar-refractivity contribution in [3.05, 3.63) is 0 Å². The maximum Gasteiger partial charge on any atom is 0.332 e. The highest BCUT2D eigenvalue weighted by atomic mass is 16.4. The predicted molar refractivity (Wildman–Crippen MR) is 57.8 cm³/mol. The minimum Gasteiger partial charge on any atom is -0.479 e. The quantitative estimate of drug-likeness (QED) is 0.636. The molecule has 0 aliphatic heterocycles. The molecule has 1 fully saturated rings. The van der Waals surface area contributed by atoms with E-state index in [1.54, 1.807) is 0 Å². The Morgan fingerprint density at radius 1 is 1.44 bits per heavy atom. The Hall–Kier alpha value is -1.10. The molecule has 1 saturated carbocycles. The van der Waals surface area contributed by atoms with E-state index < -0.39 is 12.1 Å². The zero-order chi connectivity index (χ0) is 12.1. The summed E-state index contributed by atoms with van der Waals surface area (Å²) in [6, 6.07) is 0. The first kappa shape index (κ1) is 13.0. The maximum absolute atomic E-state index is 11.7. The first-order valence-corrected chi connectivity index (χ1v) is 5.71. The number of rotatable bonds is 5. The molecular weight excluding hydrogens is 210 g/mol. The summed E-state index contributed by atoms with van der Waals surface area (Å²) in [7, 11) is 0. The molecule has 0 bridgehead atoms. The molecule has 5 heteroatoms. The monoisotopic (exact) mass is 229 g/mol. The highest BCUT2D eigenvalue weighted by molar-refractivity contribution is 5.79. The topological polar surface area (TPSA) is 86.6 Å². The summed E-state index contributed by atoms with van der Waals surface area (Å²) in [5, 5.41) is 20.1. The number of carboxylic acids is 1. The summed E-state index contributed by atoms with van der Waals surface area (Å²) in [5.41, 5.74) is 0. The lowest BCUT2D eigenvalue weighted by Gasteiger charge is -2.15. The summed E-state index contributed by atoms with van der Waals surface area (Å²) >= 11 is 0. The van der Waals surface area contributed by atoms with Crippen LogP contribution in [-0.2, 0) is 9.59 Å². The van der Waals surface area contributed by atoms with Crippen molar-refractivity contribution in [2.24, 2.45) is 11.8 Å². The lowest BCUT2D eigenvalue weighted by molar-refractivity contribution is -0.147. The van der Waals surface area contributed by atoms with Gasteiger partial charge in [0.15, 0.2) is 6.10 Å². The van der Waals surface area contributed by atoms with Crippen molar-refractivity contribution >= 4 is 11.9 Å². The molecule has 0 saturated heterocycles. The second kappa shape index (κ2) is 5.84. The van der Waals surface area contributed by atoms with E-state index >= 15 is 0 Å². The van der Waals surface area contributed by atoms with E-state index in [2.05, 4.69) is 12.2 Å². The molecule has 0 aromatic rings. The van der Waals surface area contributed by atoms with Crippen molar-refractivity contribution in [2.75, 3.05) is 6.54 Å². The average molecular weight is 229 g/mol. The molecule has 1 aliphatic carbocycles. The van der Waals surface area contributed by atoms with E-state index in [4.69, 9.17) is 10.2 Å². The summed E-state index contributed by atoms with van der Waals surface area (Å²) in [6.07, 6.45) is 1.74. The second-order valence-corrected chi connectivity index (χ2v) is 4.45. The number of aliphatic hydroxyl groups excluding tert-OH is 1. The van der Waals surface area contributed by atoms with Crippen molar-refractivity contribution in [1.82, 2.24) is 5.32 Å². The molecule has 0 aromatic heterocycles. The van der Waals surface area contributed by atoms with Gasteiger partial charge in [-0.15, -0.1) is 0 Å². The summed E-state index contributed by atoms with van der Waals surface area (Å²) < 4.78 is 0. The number of nitrogens with one attached hydrogen (secondary N) is 1. The van der Waals surface area contributed by atoms with Crippen LogP contribution in [0.1, 0.15) is 32.6 Å². The van der Waals surface area contributed by atoms with E-state index in [9.17, 15) is 9.59 Å². The minimum atomic E-state index is -1.39. The maximum atomic E-state index is 11.7. The zero-order valence-corrected chi connectivity index (χ0v) is 9.48. The van der Waals surface area contributed by atoms with Gasteiger partial charge in [0, 0.05) is 18.9 Å². The number of hydrogen-bond acceptors (Lipinski definition) is 3. The van der Waals surface area contributed by atoms with Crippen LogP contribution in [0.2, 0.25) is 0 Å². The number of carboxylic acid groups (broad SMARTS) is 1. The third-order valence-corrected chi connectivity index (χ3v) is 3.20. The minimum absolute atomic E-state index is 0.0115. The molecule has 0 heterocycles. The fourth-order valence-electron chi connectivity index (χ4n) is 2.12. The van der Waals surface area contributed by atoms with Gasteiger partial charge in [-0.1, -0.05) is 13.3 Å². The van der Waals surface area contributed by atoms with Crippen LogP contribution in [0.15, 0.2) is 0 Å². The van der Waals surface area contributed by atoms with Crippen LogP contribution in [0.5, 0.6) is 0 Å². The Morgan fingerprint density at radius 2 is 2.12 bits per heavy atom. The van der Waals surface area contributed by atoms with Crippen LogP contribution in [0.25, 0.3) is 0 Å². The SMILES string of the molecule is CC1CCCC1C(=O)NCC[C@H](O)C(=O)O. The van der Waals surface area contributed by atoms with Gasteiger partial charge in [-0.05, 0) is 18.8 Å². The molecule has 0 spiro atoms. The lowest BCUT2D eigenvalue weighted by Crippen LogP contribution is -2.35. The Morgan fingerprint density at radius 3 is 2.62 bits per heavy atom. The smallest absolute Gasteiger partial charge is 0.332 e. The molecule has 1 amide bonds. The van der Waals surface area contributed by atoms with Crippen molar-refractivity contribution in [3.8, 4) is 0 Å². The third-order valence-electron chi connectivity index (χ3n) is 3.20. The van der Waals surface area contributed by atoms with Crippen LogP contribution >= 0.6 is 0 Å².